The van der Waals surface area contributed by atoms with Gasteiger partial charge in [0, 0.05) is 29.2 Å². The number of pyridine rings is 1. The zero-order valence-electron chi connectivity index (χ0n) is 15.0. The van der Waals surface area contributed by atoms with E-state index in [1.165, 1.54) is 17.7 Å². The molecule has 0 spiro atoms. The monoisotopic (exact) mass is 405 g/mol. The Labute approximate surface area is 164 Å². The van der Waals surface area contributed by atoms with Crippen molar-refractivity contribution in [1.82, 2.24) is 10.3 Å². The fourth-order valence-electron chi connectivity index (χ4n) is 2.82. The average molecular weight is 405 g/mol. The number of aryl methyl sites for hydroxylation is 1. The van der Waals surface area contributed by atoms with E-state index < -0.39 is 17.3 Å². The first-order valence-corrected chi connectivity index (χ1v) is 8.98. The molecule has 0 aliphatic heterocycles. The normalized spacial score (nSPS) is 11.4. The predicted molar refractivity (Wildman–Crippen MR) is 109 cm³/mol. The van der Waals surface area contributed by atoms with E-state index in [0.29, 0.717) is 23.4 Å². The van der Waals surface area contributed by atoms with Crippen molar-refractivity contribution in [3.63, 3.8) is 0 Å². The highest BCUT2D eigenvalue weighted by Crippen LogP contribution is 2.34. The van der Waals surface area contributed by atoms with E-state index in [4.69, 9.17) is 12.2 Å². The molecule has 0 saturated heterocycles. The molecule has 0 amide bonds. The third kappa shape index (κ3) is 4.89. The fraction of sp³-hybridized carbons (Fsp3) is 0.200. The summed E-state index contributed by atoms with van der Waals surface area (Å²) in [5.74, 6) is 0. The molecule has 0 bridgehead atoms. The molecule has 0 radical (unpaired) electrons. The van der Waals surface area contributed by atoms with Gasteiger partial charge in [-0.1, -0.05) is 29.8 Å². The van der Waals surface area contributed by atoms with Crippen LogP contribution in [0.3, 0.4) is 0 Å². The van der Waals surface area contributed by atoms with E-state index in [2.05, 4.69) is 15.6 Å². The Morgan fingerprint density at radius 1 is 1.11 bits per heavy atom. The Hall–Kier alpha value is -2.87. The number of rotatable bonds is 4. The number of nitrogens with one attached hydrogen (secondary N) is 3. The summed E-state index contributed by atoms with van der Waals surface area (Å²) in [5, 5.41) is 6.13. The summed E-state index contributed by atoms with van der Waals surface area (Å²) >= 11 is 5.22. The number of hydrogen-bond acceptors (Lipinski definition) is 2. The van der Waals surface area contributed by atoms with Gasteiger partial charge in [0.1, 0.15) is 0 Å². The highest BCUT2D eigenvalue weighted by atomic mass is 32.1. The Morgan fingerprint density at radius 2 is 1.82 bits per heavy atom. The van der Waals surface area contributed by atoms with Crippen molar-refractivity contribution in [2.75, 3.05) is 11.9 Å². The van der Waals surface area contributed by atoms with Crippen molar-refractivity contribution in [1.29, 1.82) is 0 Å². The van der Waals surface area contributed by atoms with Crippen LogP contribution in [-0.4, -0.2) is 16.6 Å². The molecule has 1 aromatic heterocycles. The Bertz CT molecular complexity index is 1060. The maximum absolute atomic E-state index is 13.2. The van der Waals surface area contributed by atoms with Crippen LogP contribution in [0.15, 0.2) is 53.3 Å². The molecule has 0 aliphatic carbocycles. The molecule has 0 unspecified atom stereocenters. The first-order chi connectivity index (χ1) is 13.2. The summed E-state index contributed by atoms with van der Waals surface area (Å²) in [6.07, 6.45) is -3.86. The van der Waals surface area contributed by atoms with Gasteiger partial charge in [-0.15, -0.1) is 0 Å². The van der Waals surface area contributed by atoms with Gasteiger partial charge in [0.15, 0.2) is 5.11 Å². The van der Waals surface area contributed by atoms with Crippen molar-refractivity contribution in [2.24, 2.45) is 0 Å². The van der Waals surface area contributed by atoms with Crippen LogP contribution < -0.4 is 16.2 Å². The summed E-state index contributed by atoms with van der Waals surface area (Å²) in [7, 11) is 0. The lowest BCUT2D eigenvalue weighted by Gasteiger charge is -2.13. The number of benzene rings is 2. The SMILES string of the molecule is Cc1ccc(CCNC(=S)Nc2ccc3[nH]c(=O)cc(C(F)(F)F)c3c2)cc1. The lowest BCUT2D eigenvalue weighted by molar-refractivity contribution is -0.136. The van der Waals surface area contributed by atoms with Gasteiger partial charge in [-0.05, 0) is 49.3 Å². The first-order valence-electron chi connectivity index (χ1n) is 8.57. The number of aromatic amines is 1. The van der Waals surface area contributed by atoms with Gasteiger partial charge in [-0.25, -0.2) is 0 Å². The van der Waals surface area contributed by atoms with Crippen LogP contribution in [-0.2, 0) is 12.6 Å². The summed E-state index contributed by atoms with van der Waals surface area (Å²) < 4.78 is 39.7. The second-order valence-corrected chi connectivity index (χ2v) is 6.83. The first kappa shape index (κ1) is 19.9. The minimum absolute atomic E-state index is 0.0976. The van der Waals surface area contributed by atoms with Crippen molar-refractivity contribution in [2.45, 2.75) is 19.5 Å². The second-order valence-electron chi connectivity index (χ2n) is 6.42. The molecule has 1 heterocycles. The topological polar surface area (TPSA) is 56.9 Å². The highest BCUT2D eigenvalue weighted by molar-refractivity contribution is 7.80. The predicted octanol–water partition coefficient (Wildman–Crippen LogP) is 4.38. The molecular weight excluding hydrogens is 387 g/mol. The van der Waals surface area contributed by atoms with Gasteiger partial charge in [0.05, 0.1) is 5.56 Å². The standard InChI is InChI=1S/C20H18F3N3OS/c1-12-2-4-13(5-3-12)8-9-24-19(28)25-14-6-7-17-15(10-14)16(20(21,22)23)11-18(27)26-17/h2-7,10-11H,8-9H2,1H3,(H,26,27)(H2,24,25,28). The summed E-state index contributed by atoms with van der Waals surface area (Å²) in [6, 6.07) is 13.0. The summed E-state index contributed by atoms with van der Waals surface area (Å²) in [6.45, 7) is 2.61. The minimum atomic E-state index is -4.63. The number of halogens is 3. The molecule has 0 atom stereocenters. The largest absolute Gasteiger partial charge is 0.417 e. The molecule has 8 heteroatoms. The van der Waals surface area contributed by atoms with E-state index in [1.807, 2.05) is 31.2 Å². The van der Waals surface area contributed by atoms with E-state index in [-0.39, 0.29) is 10.9 Å². The smallest absolute Gasteiger partial charge is 0.362 e. The van der Waals surface area contributed by atoms with Gasteiger partial charge in [0.25, 0.3) is 0 Å². The van der Waals surface area contributed by atoms with Gasteiger partial charge in [0.2, 0.25) is 5.56 Å². The van der Waals surface area contributed by atoms with Crippen LogP contribution in [0.25, 0.3) is 10.9 Å². The Morgan fingerprint density at radius 3 is 2.50 bits per heavy atom. The van der Waals surface area contributed by atoms with E-state index in [9.17, 15) is 18.0 Å². The highest BCUT2D eigenvalue weighted by Gasteiger charge is 2.33. The van der Waals surface area contributed by atoms with E-state index >= 15 is 0 Å². The number of alkyl halides is 3. The molecule has 146 valence electrons. The molecule has 0 fully saturated rings. The van der Waals surface area contributed by atoms with Crippen LogP contribution in [0.2, 0.25) is 0 Å². The van der Waals surface area contributed by atoms with Gasteiger partial charge in [-0.3, -0.25) is 4.79 Å². The number of anilines is 1. The van der Waals surface area contributed by atoms with Crippen LogP contribution in [0.5, 0.6) is 0 Å². The number of aromatic nitrogens is 1. The number of H-pyrrole nitrogens is 1. The summed E-state index contributed by atoms with van der Waals surface area (Å²) in [4.78, 5) is 13.9. The van der Waals surface area contributed by atoms with Crippen LogP contribution >= 0.6 is 12.2 Å². The van der Waals surface area contributed by atoms with Gasteiger partial charge >= 0.3 is 6.18 Å². The van der Waals surface area contributed by atoms with Gasteiger partial charge < -0.3 is 15.6 Å². The summed E-state index contributed by atoms with van der Waals surface area (Å²) in [5.41, 5.74) is 1.08. The van der Waals surface area contributed by atoms with Crippen LogP contribution in [0, 0.1) is 6.92 Å². The average Bonchev–Trinajstić information content (AvgIpc) is 2.62. The van der Waals surface area contributed by atoms with Crippen LogP contribution in [0.4, 0.5) is 18.9 Å². The molecule has 0 aliphatic rings. The molecule has 4 nitrogen and oxygen atoms in total. The Balaban J connectivity index is 1.69. The molecule has 28 heavy (non-hydrogen) atoms. The quantitative estimate of drug-likeness (QED) is 0.564. The van der Waals surface area contributed by atoms with Gasteiger partial charge in [-0.2, -0.15) is 13.2 Å². The third-order valence-corrected chi connectivity index (χ3v) is 4.47. The fourth-order valence-corrected chi connectivity index (χ4v) is 3.04. The van der Waals surface area contributed by atoms with E-state index in [0.717, 1.165) is 12.0 Å². The minimum Gasteiger partial charge on any atom is -0.362 e. The third-order valence-electron chi connectivity index (χ3n) is 4.23. The second kappa shape index (κ2) is 8.02. The molecule has 3 rings (SSSR count). The lowest BCUT2D eigenvalue weighted by Crippen LogP contribution is -2.30. The number of fused-ring (bicyclic) bond motifs is 1. The van der Waals surface area contributed by atoms with Crippen molar-refractivity contribution < 1.29 is 13.2 Å². The molecule has 3 aromatic rings. The molecule has 3 N–H and O–H groups in total. The zero-order chi connectivity index (χ0) is 20.3. The Kier molecular flexibility index (Phi) is 5.69. The number of thiocarbonyl (C=S) groups is 1. The lowest BCUT2D eigenvalue weighted by atomic mass is 10.1. The zero-order valence-corrected chi connectivity index (χ0v) is 15.8. The molecule has 0 saturated carbocycles. The van der Waals surface area contributed by atoms with E-state index in [1.54, 1.807) is 6.07 Å². The maximum atomic E-state index is 13.2. The molecule has 2 aromatic carbocycles. The molecular formula is C20H18F3N3OS. The van der Waals surface area contributed by atoms with Crippen molar-refractivity contribution >= 4 is 33.9 Å². The number of hydrogen-bond donors (Lipinski definition) is 3. The van der Waals surface area contributed by atoms with Crippen molar-refractivity contribution in [3.8, 4) is 0 Å². The maximum Gasteiger partial charge on any atom is 0.417 e. The van der Waals surface area contributed by atoms with Crippen LogP contribution in [0.1, 0.15) is 16.7 Å². The van der Waals surface area contributed by atoms with Crippen molar-refractivity contribution in [3.05, 3.63) is 75.6 Å².